The summed E-state index contributed by atoms with van der Waals surface area (Å²) < 4.78 is 14.0. The largest absolute Gasteiger partial charge is 0.507 e. The standard InChI is InChI=1S/C23H26FN5O/c1-23(2)9-14-6-16(7-21(23)28-14)29(15-3-4-15)22-12-26-19(11-27-22)17-8-18(24)13(10-25)5-20(17)30/h5,8,11-12,14-16,21,28,30H,3-4,6-7,9H2,1-2H3/t14?,16-,21?/m0/s1. The highest BCUT2D eigenvalue weighted by Gasteiger charge is 2.48. The van der Waals surface area contributed by atoms with E-state index in [0.29, 0.717) is 35.3 Å². The summed E-state index contributed by atoms with van der Waals surface area (Å²) in [6.07, 6.45) is 9.10. The maximum atomic E-state index is 14.0. The van der Waals surface area contributed by atoms with Gasteiger partial charge in [0.1, 0.15) is 23.5 Å². The number of hydrogen-bond acceptors (Lipinski definition) is 6. The molecule has 5 rings (SSSR count). The molecule has 0 spiro atoms. The highest BCUT2D eigenvalue weighted by atomic mass is 19.1. The van der Waals surface area contributed by atoms with Crippen molar-refractivity contribution in [1.82, 2.24) is 15.3 Å². The number of benzene rings is 1. The molecule has 3 fully saturated rings. The van der Waals surface area contributed by atoms with Gasteiger partial charge in [0.2, 0.25) is 0 Å². The van der Waals surface area contributed by atoms with Gasteiger partial charge in [0.25, 0.3) is 0 Å². The lowest BCUT2D eigenvalue weighted by Gasteiger charge is -2.40. The molecule has 7 heteroatoms. The average molecular weight is 407 g/mol. The number of nitriles is 1. The number of rotatable bonds is 4. The van der Waals surface area contributed by atoms with Crippen molar-refractivity contribution in [2.75, 3.05) is 4.90 Å². The fourth-order valence-corrected chi connectivity index (χ4v) is 5.28. The van der Waals surface area contributed by atoms with Crippen LogP contribution < -0.4 is 10.2 Å². The van der Waals surface area contributed by atoms with Crippen LogP contribution in [0.5, 0.6) is 5.75 Å². The van der Waals surface area contributed by atoms with Crippen molar-refractivity contribution in [3.05, 3.63) is 35.9 Å². The monoisotopic (exact) mass is 407 g/mol. The van der Waals surface area contributed by atoms with E-state index in [1.165, 1.54) is 19.3 Å². The Balaban J connectivity index is 1.42. The fourth-order valence-electron chi connectivity index (χ4n) is 5.28. The van der Waals surface area contributed by atoms with E-state index in [1.54, 1.807) is 18.5 Å². The van der Waals surface area contributed by atoms with Gasteiger partial charge in [0.05, 0.1) is 23.7 Å². The van der Waals surface area contributed by atoms with Crippen molar-refractivity contribution in [2.24, 2.45) is 5.41 Å². The molecule has 156 valence electrons. The van der Waals surface area contributed by atoms with Crippen LogP contribution in [-0.2, 0) is 0 Å². The first-order chi connectivity index (χ1) is 14.4. The highest BCUT2D eigenvalue weighted by molar-refractivity contribution is 5.68. The molecule has 1 aliphatic carbocycles. The van der Waals surface area contributed by atoms with Crippen LogP contribution in [0, 0.1) is 22.6 Å². The third kappa shape index (κ3) is 3.29. The van der Waals surface area contributed by atoms with Gasteiger partial charge in [0, 0.05) is 35.8 Å². The van der Waals surface area contributed by atoms with Gasteiger partial charge in [-0.25, -0.2) is 9.37 Å². The van der Waals surface area contributed by atoms with E-state index in [1.807, 2.05) is 0 Å². The number of fused-ring (bicyclic) bond motifs is 2. The van der Waals surface area contributed by atoms with Crippen molar-refractivity contribution in [3.8, 4) is 23.1 Å². The Hall–Kier alpha value is -2.72. The van der Waals surface area contributed by atoms with E-state index >= 15 is 0 Å². The van der Waals surface area contributed by atoms with Crippen molar-refractivity contribution < 1.29 is 9.50 Å². The van der Waals surface area contributed by atoms with Crippen LogP contribution in [0.3, 0.4) is 0 Å². The summed E-state index contributed by atoms with van der Waals surface area (Å²) in [6.45, 7) is 4.71. The Morgan fingerprint density at radius 1 is 1.20 bits per heavy atom. The molecule has 2 saturated heterocycles. The molecule has 2 aliphatic heterocycles. The lowest BCUT2D eigenvalue weighted by Crippen LogP contribution is -2.51. The predicted octanol–water partition coefficient (Wildman–Crippen LogP) is 3.75. The summed E-state index contributed by atoms with van der Waals surface area (Å²) in [6, 6.07) is 6.02. The van der Waals surface area contributed by atoms with Crippen LogP contribution in [0.25, 0.3) is 11.3 Å². The molecular weight excluding hydrogens is 381 g/mol. The molecule has 6 nitrogen and oxygen atoms in total. The van der Waals surface area contributed by atoms with Crippen molar-refractivity contribution in [3.63, 3.8) is 0 Å². The maximum Gasteiger partial charge on any atom is 0.147 e. The second-order valence-corrected chi connectivity index (χ2v) is 9.59. The average Bonchev–Trinajstić information content (AvgIpc) is 3.51. The van der Waals surface area contributed by atoms with Gasteiger partial charge >= 0.3 is 0 Å². The minimum absolute atomic E-state index is 0.175. The summed E-state index contributed by atoms with van der Waals surface area (Å²) in [4.78, 5) is 11.6. The first kappa shape index (κ1) is 19.3. The van der Waals surface area contributed by atoms with Gasteiger partial charge in [-0.1, -0.05) is 13.8 Å². The zero-order valence-corrected chi connectivity index (χ0v) is 17.3. The van der Waals surface area contributed by atoms with Crippen LogP contribution in [0.2, 0.25) is 0 Å². The summed E-state index contributed by atoms with van der Waals surface area (Å²) in [7, 11) is 0. The van der Waals surface area contributed by atoms with Gasteiger partial charge in [-0.15, -0.1) is 0 Å². The molecule has 1 aromatic heterocycles. The fraction of sp³-hybridized carbons (Fsp3) is 0.522. The zero-order chi connectivity index (χ0) is 21.0. The van der Waals surface area contributed by atoms with E-state index in [9.17, 15) is 9.50 Å². The number of piperidine rings is 1. The van der Waals surface area contributed by atoms with Crippen LogP contribution >= 0.6 is 0 Å². The third-order valence-electron chi connectivity index (χ3n) is 6.94. The number of nitrogens with zero attached hydrogens (tertiary/aromatic N) is 4. The molecule has 1 saturated carbocycles. The number of aromatic hydroxyl groups is 1. The normalized spacial score (nSPS) is 26.9. The Labute approximate surface area is 175 Å². The number of phenols is 1. The Morgan fingerprint density at radius 3 is 2.63 bits per heavy atom. The van der Waals surface area contributed by atoms with Crippen LogP contribution in [0.15, 0.2) is 24.5 Å². The summed E-state index contributed by atoms with van der Waals surface area (Å²) in [5, 5.41) is 22.9. The van der Waals surface area contributed by atoms with Gasteiger partial charge in [-0.2, -0.15) is 5.26 Å². The molecule has 2 aromatic rings. The molecular formula is C23H26FN5O. The number of halogens is 1. The van der Waals surface area contributed by atoms with Gasteiger partial charge in [-0.05, 0) is 43.6 Å². The molecule has 3 heterocycles. The number of aromatic nitrogens is 2. The molecule has 2 N–H and O–H groups in total. The van der Waals surface area contributed by atoms with E-state index in [2.05, 4.69) is 34.0 Å². The second-order valence-electron chi connectivity index (χ2n) is 9.59. The Kier molecular flexibility index (Phi) is 4.44. The quantitative estimate of drug-likeness (QED) is 0.803. The molecule has 0 radical (unpaired) electrons. The van der Waals surface area contributed by atoms with Gasteiger partial charge < -0.3 is 15.3 Å². The summed E-state index contributed by atoms with van der Waals surface area (Å²) in [5.41, 5.74) is 0.762. The molecule has 3 atom stereocenters. The van der Waals surface area contributed by atoms with Crippen molar-refractivity contribution in [2.45, 2.75) is 70.1 Å². The van der Waals surface area contributed by atoms with E-state index in [4.69, 9.17) is 5.26 Å². The topological polar surface area (TPSA) is 85.1 Å². The maximum absolute atomic E-state index is 14.0. The van der Waals surface area contributed by atoms with Crippen LogP contribution in [0.4, 0.5) is 10.2 Å². The van der Waals surface area contributed by atoms with E-state index < -0.39 is 5.82 Å². The number of nitrogens with one attached hydrogen (secondary N) is 1. The second kappa shape index (κ2) is 6.92. The lowest BCUT2D eigenvalue weighted by molar-refractivity contribution is 0.272. The molecule has 2 unspecified atom stereocenters. The van der Waals surface area contributed by atoms with Gasteiger partial charge in [0.15, 0.2) is 0 Å². The minimum atomic E-state index is -0.677. The zero-order valence-electron chi connectivity index (χ0n) is 17.3. The van der Waals surface area contributed by atoms with Crippen LogP contribution in [0.1, 0.15) is 51.5 Å². The molecule has 3 aliphatic rings. The SMILES string of the molecule is CC1(C)CC2C[C@H](N(c3cnc(-c4cc(F)c(C#N)cc4O)cn3)C3CC3)CC1N2. The van der Waals surface area contributed by atoms with Crippen molar-refractivity contribution >= 4 is 5.82 Å². The van der Waals surface area contributed by atoms with E-state index in [0.717, 1.165) is 30.8 Å². The minimum Gasteiger partial charge on any atom is -0.507 e. The first-order valence-electron chi connectivity index (χ1n) is 10.6. The predicted molar refractivity (Wildman–Crippen MR) is 111 cm³/mol. The van der Waals surface area contributed by atoms with Gasteiger partial charge in [-0.3, -0.25) is 4.98 Å². The summed E-state index contributed by atoms with van der Waals surface area (Å²) in [5.74, 6) is -0.00578. The third-order valence-corrected chi connectivity index (χ3v) is 6.94. The smallest absolute Gasteiger partial charge is 0.147 e. The number of phenolic OH excluding ortho intramolecular Hbond substituents is 1. The molecule has 2 bridgehead atoms. The highest BCUT2D eigenvalue weighted by Crippen LogP contribution is 2.45. The van der Waals surface area contributed by atoms with E-state index in [-0.39, 0.29) is 16.9 Å². The first-order valence-corrected chi connectivity index (χ1v) is 10.6. The molecule has 1 aromatic carbocycles. The molecule has 0 amide bonds. The lowest BCUT2D eigenvalue weighted by atomic mass is 9.83. The molecule has 30 heavy (non-hydrogen) atoms. The summed E-state index contributed by atoms with van der Waals surface area (Å²) >= 11 is 0. The number of anilines is 1. The Morgan fingerprint density at radius 2 is 2.00 bits per heavy atom. The van der Waals surface area contributed by atoms with Crippen LogP contribution in [-0.4, -0.2) is 39.2 Å². The number of hydrogen-bond donors (Lipinski definition) is 2. The van der Waals surface area contributed by atoms with Crippen molar-refractivity contribution in [1.29, 1.82) is 5.26 Å². The Bertz CT molecular complexity index is 1010.